The number of nitrogens with zero attached hydrogens (tertiary/aromatic N) is 1. The number of carbonyl (C=O) groups is 1. The highest BCUT2D eigenvalue weighted by molar-refractivity contribution is 5.79. The summed E-state index contributed by atoms with van der Waals surface area (Å²) in [6, 6.07) is 0.400. The van der Waals surface area contributed by atoms with E-state index in [-0.39, 0.29) is 0 Å². The first-order valence-electron chi connectivity index (χ1n) is 8.17. The molecular formula is C16H32N2O2. The molecule has 4 nitrogen and oxygen atoms in total. The Morgan fingerprint density at radius 3 is 2.65 bits per heavy atom. The molecule has 4 heteroatoms. The summed E-state index contributed by atoms with van der Waals surface area (Å²) in [5, 5.41) is 13.0. The van der Waals surface area contributed by atoms with Crippen LogP contribution < -0.4 is 5.32 Å². The van der Waals surface area contributed by atoms with Crippen molar-refractivity contribution in [2.75, 3.05) is 19.6 Å². The molecule has 1 aliphatic carbocycles. The van der Waals surface area contributed by atoms with Crippen LogP contribution in [-0.2, 0) is 4.79 Å². The first-order chi connectivity index (χ1) is 9.45. The maximum Gasteiger partial charge on any atom is 0.323 e. The molecule has 0 aromatic carbocycles. The van der Waals surface area contributed by atoms with E-state index in [1.165, 1.54) is 0 Å². The molecule has 0 aromatic rings. The lowest BCUT2D eigenvalue weighted by Gasteiger charge is -2.43. The lowest BCUT2D eigenvalue weighted by atomic mass is 9.78. The van der Waals surface area contributed by atoms with Crippen molar-refractivity contribution in [1.29, 1.82) is 0 Å². The highest BCUT2D eigenvalue weighted by atomic mass is 16.4. The summed E-state index contributed by atoms with van der Waals surface area (Å²) in [4.78, 5) is 14.2. The largest absolute Gasteiger partial charge is 0.480 e. The standard InChI is InChI=1S/C16H32N2O2/c1-5-10-17-16(15(19)20)9-7-8-14(11-16)18(6-2)12-13(3)4/h13-14,17H,5-12H2,1-4H3,(H,19,20). The van der Waals surface area contributed by atoms with Gasteiger partial charge in [0.1, 0.15) is 5.54 Å². The van der Waals surface area contributed by atoms with Crippen molar-refractivity contribution in [2.24, 2.45) is 5.92 Å². The van der Waals surface area contributed by atoms with Crippen molar-refractivity contribution < 1.29 is 9.90 Å². The SMILES string of the molecule is CCCNC1(C(=O)O)CCCC(N(CC)CC(C)C)C1. The summed E-state index contributed by atoms with van der Waals surface area (Å²) in [5.41, 5.74) is -0.705. The third-order valence-electron chi connectivity index (χ3n) is 4.37. The number of carboxylic acids is 1. The minimum Gasteiger partial charge on any atom is -0.480 e. The van der Waals surface area contributed by atoms with E-state index in [2.05, 4.69) is 37.9 Å². The summed E-state index contributed by atoms with van der Waals surface area (Å²) < 4.78 is 0. The summed E-state index contributed by atoms with van der Waals surface area (Å²) >= 11 is 0. The number of nitrogens with one attached hydrogen (secondary N) is 1. The molecule has 1 rings (SSSR count). The monoisotopic (exact) mass is 284 g/mol. The molecule has 0 bridgehead atoms. The van der Waals surface area contributed by atoms with Gasteiger partial charge in [-0.2, -0.15) is 0 Å². The molecule has 0 aromatic heterocycles. The normalized spacial score (nSPS) is 27.2. The van der Waals surface area contributed by atoms with Crippen molar-refractivity contribution >= 4 is 5.97 Å². The van der Waals surface area contributed by atoms with Gasteiger partial charge in [-0.25, -0.2) is 0 Å². The molecule has 1 saturated carbocycles. The second kappa shape index (κ2) is 7.99. The Bertz CT molecular complexity index is 307. The molecule has 0 spiro atoms. The second-order valence-corrected chi connectivity index (χ2v) is 6.55. The van der Waals surface area contributed by atoms with Gasteiger partial charge in [0, 0.05) is 12.6 Å². The molecule has 1 aliphatic rings. The number of hydrogen-bond acceptors (Lipinski definition) is 3. The first kappa shape index (κ1) is 17.4. The Morgan fingerprint density at radius 2 is 2.15 bits per heavy atom. The van der Waals surface area contributed by atoms with Gasteiger partial charge in [0.05, 0.1) is 0 Å². The Morgan fingerprint density at radius 1 is 1.45 bits per heavy atom. The van der Waals surface area contributed by atoms with Crippen molar-refractivity contribution in [3.63, 3.8) is 0 Å². The Hall–Kier alpha value is -0.610. The zero-order chi connectivity index (χ0) is 15.2. The summed E-state index contributed by atoms with van der Waals surface area (Å²) in [6.07, 6.45) is 4.61. The Labute approximate surface area is 123 Å². The molecule has 0 amide bonds. The van der Waals surface area contributed by atoms with Crippen molar-refractivity contribution in [3.05, 3.63) is 0 Å². The zero-order valence-corrected chi connectivity index (χ0v) is 13.6. The van der Waals surface area contributed by atoms with E-state index in [9.17, 15) is 9.90 Å². The zero-order valence-electron chi connectivity index (χ0n) is 13.6. The third kappa shape index (κ3) is 4.45. The van der Waals surface area contributed by atoms with Gasteiger partial charge < -0.3 is 15.3 Å². The fourth-order valence-electron chi connectivity index (χ4n) is 3.36. The fraction of sp³-hybridized carbons (Fsp3) is 0.938. The van der Waals surface area contributed by atoms with Crippen LogP contribution in [0.25, 0.3) is 0 Å². The van der Waals surface area contributed by atoms with Crippen molar-refractivity contribution in [2.45, 2.75) is 71.4 Å². The number of aliphatic carboxylic acids is 1. The van der Waals surface area contributed by atoms with Gasteiger partial charge in [0.25, 0.3) is 0 Å². The van der Waals surface area contributed by atoms with Gasteiger partial charge in [-0.1, -0.05) is 27.7 Å². The average Bonchev–Trinajstić information content (AvgIpc) is 2.42. The molecular weight excluding hydrogens is 252 g/mol. The maximum atomic E-state index is 11.8. The molecule has 0 radical (unpaired) electrons. The van der Waals surface area contributed by atoms with Gasteiger partial charge >= 0.3 is 5.97 Å². The van der Waals surface area contributed by atoms with Gasteiger partial charge in [-0.05, 0) is 51.1 Å². The van der Waals surface area contributed by atoms with Gasteiger partial charge in [-0.3, -0.25) is 4.79 Å². The van der Waals surface area contributed by atoms with Crippen LogP contribution in [0, 0.1) is 5.92 Å². The van der Waals surface area contributed by atoms with Crippen LogP contribution in [0.5, 0.6) is 0 Å². The average molecular weight is 284 g/mol. The lowest BCUT2D eigenvalue weighted by molar-refractivity contribution is -0.147. The van der Waals surface area contributed by atoms with E-state index in [1.807, 2.05) is 0 Å². The molecule has 2 N–H and O–H groups in total. The third-order valence-corrected chi connectivity index (χ3v) is 4.37. The lowest BCUT2D eigenvalue weighted by Crippen LogP contribution is -2.58. The predicted octanol–water partition coefficient (Wildman–Crippen LogP) is 2.73. The molecule has 0 aliphatic heterocycles. The molecule has 2 atom stereocenters. The molecule has 0 heterocycles. The fourth-order valence-corrected chi connectivity index (χ4v) is 3.36. The second-order valence-electron chi connectivity index (χ2n) is 6.55. The minimum atomic E-state index is -0.705. The number of carboxylic acid groups (broad SMARTS) is 1. The van der Waals surface area contributed by atoms with Crippen LogP contribution in [0.2, 0.25) is 0 Å². The highest BCUT2D eigenvalue weighted by Gasteiger charge is 2.43. The predicted molar refractivity (Wildman–Crippen MR) is 83.0 cm³/mol. The van der Waals surface area contributed by atoms with Crippen LogP contribution in [0.4, 0.5) is 0 Å². The Balaban J connectivity index is 2.77. The molecule has 118 valence electrons. The van der Waals surface area contributed by atoms with Crippen LogP contribution in [0.15, 0.2) is 0 Å². The van der Waals surface area contributed by atoms with E-state index in [4.69, 9.17) is 0 Å². The molecule has 2 unspecified atom stereocenters. The van der Waals surface area contributed by atoms with E-state index in [0.29, 0.717) is 12.0 Å². The van der Waals surface area contributed by atoms with E-state index >= 15 is 0 Å². The van der Waals surface area contributed by atoms with Crippen LogP contribution in [0.1, 0.15) is 59.8 Å². The Kier molecular flexibility index (Phi) is 6.96. The van der Waals surface area contributed by atoms with E-state index < -0.39 is 11.5 Å². The van der Waals surface area contributed by atoms with E-state index in [0.717, 1.165) is 51.7 Å². The summed E-state index contributed by atoms with van der Waals surface area (Å²) in [5.74, 6) is -0.0454. The number of hydrogen-bond donors (Lipinski definition) is 2. The van der Waals surface area contributed by atoms with Crippen molar-refractivity contribution in [3.8, 4) is 0 Å². The quantitative estimate of drug-likeness (QED) is 0.719. The van der Waals surface area contributed by atoms with Gasteiger partial charge in [0.15, 0.2) is 0 Å². The van der Waals surface area contributed by atoms with E-state index in [1.54, 1.807) is 0 Å². The van der Waals surface area contributed by atoms with Crippen LogP contribution >= 0.6 is 0 Å². The molecule has 0 saturated heterocycles. The van der Waals surface area contributed by atoms with Gasteiger partial charge in [-0.15, -0.1) is 0 Å². The van der Waals surface area contributed by atoms with Crippen LogP contribution in [-0.4, -0.2) is 47.2 Å². The first-order valence-corrected chi connectivity index (χ1v) is 8.17. The summed E-state index contributed by atoms with van der Waals surface area (Å²) in [6.45, 7) is 11.6. The molecule has 1 fully saturated rings. The highest BCUT2D eigenvalue weighted by Crippen LogP contribution is 2.32. The smallest absolute Gasteiger partial charge is 0.323 e. The topological polar surface area (TPSA) is 52.6 Å². The maximum absolute atomic E-state index is 11.8. The minimum absolute atomic E-state index is 0.400. The van der Waals surface area contributed by atoms with Gasteiger partial charge in [0.2, 0.25) is 0 Å². The van der Waals surface area contributed by atoms with Crippen molar-refractivity contribution in [1.82, 2.24) is 10.2 Å². The van der Waals surface area contributed by atoms with Crippen LogP contribution in [0.3, 0.4) is 0 Å². The molecule has 20 heavy (non-hydrogen) atoms. The summed E-state index contributed by atoms with van der Waals surface area (Å²) in [7, 11) is 0. The number of rotatable bonds is 8.